The van der Waals surface area contributed by atoms with E-state index in [1.165, 1.54) is 11.1 Å². The molecule has 6 heteroatoms. The second kappa shape index (κ2) is 7.80. The van der Waals surface area contributed by atoms with Crippen LogP contribution < -0.4 is 4.74 Å². The maximum absolute atomic E-state index is 5.88. The van der Waals surface area contributed by atoms with Gasteiger partial charge in [0.15, 0.2) is 0 Å². The third kappa shape index (κ3) is 4.46. The molecule has 3 rings (SSSR count). The van der Waals surface area contributed by atoms with Gasteiger partial charge in [-0.1, -0.05) is 12.1 Å². The van der Waals surface area contributed by atoms with Crippen molar-refractivity contribution in [2.75, 3.05) is 20.2 Å². The van der Waals surface area contributed by atoms with Gasteiger partial charge in [-0.2, -0.15) is 0 Å². The number of thiophene rings is 1. The van der Waals surface area contributed by atoms with Gasteiger partial charge in [0.25, 0.3) is 5.89 Å². The fourth-order valence-corrected chi connectivity index (χ4v) is 3.25. The predicted octanol–water partition coefficient (Wildman–Crippen LogP) is 4.49. The Morgan fingerprint density at radius 1 is 1.20 bits per heavy atom. The summed E-state index contributed by atoms with van der Waals surface area (Å²) in [5.74, 6) is 2.12. The zero-order valence-corrected chi connectivity index (χ0v) is 15.8. The van der Waals surface area contributed by atoms with Gasteiger partial charge in [0, 0.05) is 6.54 Å². The normalized spacial score (nSPS) is 12.5. The number of rotatable bonds is 7. The van der Waals surface area contributed by atoms with E-state index in [4.69, 9.17) is 9.15 Å². The Morgan fingerprint density at radius 2 is 1.96 bits per heavy atom. The molecule has 2 heterocycles. The molecule has 0 N–H and O–H groups in total. The monoisotopic (exact) mass is 357 g/mol. The molecule has 0 bridgehead atoms. The van der Waals surface area contributed by atoms with E-state index in [1.807, 2.05) is 24.6 Å². The van der Waals surface area contributed by atoms with E-state index in [-0.39, 0.29) is 6.04 Å². The Hall–Kier alpha value is -2.18. The van der Waals surface area contributed by atoms with Crippen LogP contribution in [0.5, 0.6) is 5.75 Å². The molecule has 0 aliphatic rings. The van der Waals surface area contributed by atoms with Gasteiger partial charge in [0.1, 0.15) is 12.4 Å². The van der Waals surface area contributed by atoms with Crippen molar-refractivity contribution >= 4 is 11.3 Å². The lowest BCUT2D eigenvalue weighted by Gasteiger charge is -2.21. The number of hydrogen-bond acceptors (Lipinski definition) is 6. The lowest BCUT2D eigenvalue weighted by molar-refractivity contribution is 0.182. The smallest absolute Gasteiger partial charge is 0.257 e. The summed E-state index contributed by atoms with van der Waals surface area (Å²) < 4.78 is 11.7. The minimum absolute atomic E-state index is 0.0315. The van der Waals surface area contributed by atoms with Gasteiger partial charge >= 0.3 is 0 Å². The summed E-state index contributed by atoms with van der Waals surface area (Å²) in [6.45, 7) is 7.59. The fourth-order valence-electron chi connectivity index (χ4n) is 2.61. The van der Waals surface area contributed by atoms with E-state index in [2.05, 4.69) is 54.1 Å². The minimum atomic E-state index is 0.0315. The Labute approximate surface area is 152 Å². The van der Waals surface area contributed by atoms with E-state index in [1.54, 1.807) is 11.3 Å². The third-order valence-corrected chi connectivity index (χ3v) is 4.96. The molecule has 1 atom stereocenters. The highest BCUT2D eigenvalue weighted by atomic mass is 32.1. The summed E-state index contributed by atoms with van der Waals surface area (Å²) in [5.41, 5.74) is 2.42. The van der Waals surface area contributed by atoms with Gasteiger partial charge in [-0.25, -0.2) is 0 Å². The van der Waals surface area contributed by atoms with Crippen LogP contribution in [-0.4, -0.2) is 35.3 Å². The number of aromatic nitrogens is 2. The van der Waals surface area contributed by atoms with Gasteiger partial charge in [-0.3, -0.25) is 4.90 Å². The van der Waals surface area contributed by atoms with Gasteiger partial charge in [-0.05, 0) is 62.5 Å². The van der Waals surface area contributed by atoms with Crippen LogP contribution in [0.3, 0.4) is 0 Å². The first kappa shape index (κ1) is 17.6. The number of likely N-dealkylation sites (N-methyl/N-ethyl adjacent to an activating group) is 1. The van der Waals surface area contributed by atoms with Crippen LogP contribution in [0.1, 0.15) is 30.0 Å². The topological polar surface area (TPSA) is 51.4 Å². The Balaban J connectivity index is 1.55. The number of ether oxygens (including phenoxy) is 1. The Morgan fingerprint density at radius 3 is 2.64 bits per heavy atom. The molecule has 0 aliphatic heterocycles. The molecule has 0 saturated carbocycles. The molecule has 25 heavy (non-hydrogen) atoms. The zero-order chi connectivity index (χ0) is 17.8. The highest BCUT2D eigenvalue weighted by Crippen LogP contribution is 2.26. The first-order valence-corrected chi connectivity index (χ1v) is 9.19. The van der Waals surface area contributed by atoms with Gasteiger partial charge in [-0.15, -0.1) is 21.5 Å². The molecule has 0 aliphatic carbocycles. The van der Waals surface area contributed by atoms with E-state index in [0.717, 1.165) is 17.2 Å². The lowest BCUT2D eigenvalue weighted by atomic mass is 10.1. The summed E-state index contributed by atoms with van der Waals surface area (Å²) in [5, 5.41) is 10.3. The molecular formula is C19H23N3O2S. The van der Waals surface area contributed by atoms with Crippen molar-refractivity contribution in [1.29, 1.82) is 0 Å². The van der Waals surface area contributed by atoms with Crippen LogP contribution in [0, 0.1) is 13.8 Å². The molecular weight excluding hydrogens is 334 g/mol. The minimum Gasteiger partial charge on any atom is -0.492 e. The van der Waals surface area contributed by atoms with Crippen molar-refractivity contribution in [2.45, 2.75) is 26.8 Å². The van der Waals surface area contributed by atoms with E-state index >= 15 is 0 Å². The van der Waals surface area contributed by atoms with Crippen LogP contribution in [0.2, 0.25) is 0 Å². The van der Waals surface area contributed by atoms with Crippen molar-refractivity contribution < 1.29 is 9.15 Å². The van der Waals surface area contributed by atoms with Crippen LogP contribution in [0.25, 0.3) is 10.8 Å². The number of aryl methyl sites for hydroxylation is 2. The number of hydrogen-bond donors (Lipinski definition) is 0. The molecule has 1 unspecified atom stereocenters. The first-order valence-electron chi connectivity index (χ1n) is 8.31. The van der Waals surface area contributed by atoms with E-state index < -0.39 is 0 Å². The second-order valence-electron chi connectivity index (χ2n) is 6.25. The standard InChI is InChI=1S/C19H23N3O2S/c1-13-10-14(2)12-16(11-13)23-8-7-22(4)15(3)18-20-21-19(24-18)17-6-5-9-25-17/h5-6,9-12,15H,7-8H2,1-4H3. The summed E-state index contributed by atoms with van der Waals surface area (Å²) >= 11 is 1.59. The van der Waals surface area contributed by atoms with Crippen molar-refractivity contribution in [3.63, 3.8) is 0 Å². The summed E-state index contributed by atoms with van der Waals surface area (Å²) in [4.78, 5) is 3.14. The van der Waals surface area contributed by atoms with Gasteiger partial charge in [0.05, 0.1) is 10.9 Å². The molecule has 3 aromatic rings. The molecule has 5 nitrogen and oxygen atoms in total. The highest BCUT2D eigenvalue weighted by Gasteiger charge is 2.19. The zero-order valence-electron chi connectivity index (χ0n) is 15.0. The van der Waals surface area contributed by atoms with Crippen molar-refractivity contribution in [1.82, 2.24) is 15.1 Å². The van der Waals surface area contributed by atoms with Crippen LogP contribution in [0.4, 0.5) is 0 Å². The average molecular weight is 357 g/mol. The predicted molar refractivity (Wildman–Crippen MR) is 100 cm³/mol. The molecule has 1 aromatic carbocycles. The van der Waals surface area contributed by atoms with E-state index in [0.29, 0.717) is 18.4 Å². The molecule has 0 fully saturated rings. The van der Waals surface area contributed by atoms with E-state index in [9.17, 15) is 0 Å². The Bertz CT molecular complexity index is 794. The van der Waals surface area contributed by atoms with Crippen LogP contribution in [-0.2, 0) is 0 Å². The molecule has 0 amide bonds. The van der Waals surface area contributed by atoms with Crippen molar-refractivity contribution in [3.8, 4) is 16.5 Å². The first-order chi connectivity index (χ1) is 12.0. The van der Waals surface area contributed by atoms with Gasteiger partial charge in [0.2, 0.25) is 5.89 Å². The maximum Gasteiger partial charge on any atom is 0.257 e. The highest BCUT2D eigenvalue weighted by molar-refractivity contribution is 7.13. The summed E-state index contributed by atoms with van der Waals surface area (Å²) in [6, 6.07) is 10.2. The molecule has 0 spiro atoms. The van der Waals surface area contributed by atoms with Crippen molar-refractivity contribution in [2.24, 2.45) is 0 Å². The second-order valence-corrected chi connectivity index (χ2v) is 7.20. The Kier molecular flexibility index (Phi) is 5.50. The maximum atomic E-state index is 5.88. The van der Waals surface area contributed by atoms with Gasteiger partial charge < -0.3 is 9.15 Å². The molecule has 2 aromatic heterocycles. The van der Waals surface area contributed by atoms with Crippen LogP contribution >= 0.6 is 11.3 Å². The SMILES string of the molecule is Cc1cc(C)cc(OCCN(C)C(C)c2nnc(-c3cccs3)o2)c1. The molecule has 0 saturated heterocycles. The number of nitrogens with zero attached hydrogens (tertiary/aromatic N) is 3. The van der Waals surface area contributed by atoms with Crippen molar-refractivity contribution in [3.05, 3.63) is 52.7 Å². The summed E-state index contributed by atoms with van der Waals surface area (Å²) in [6.07, 6.45) is 0. The molecule has 132 valence electrons. The number of benzene rings is 1. The average Bonchev–Trinajstić information content (AvgIpc) is 3.24. The van der Waals surface area contributed by atoms with Crippen LogP contribution in [0.15, 0.2) is 40.1 Å². The fraction of sp³-hybridized carbons (Fsp3) is 0.368. The quantitative estimate of drug-likeness (QED) is 0.624. The summed E-state index contributed by atoms with van der Waals surface area (Å²) in [7, 11) is 2.03. The largest absolute Gasteiger partial charge is 0.492 e. The molecule has 0 radical (unpaired) electrons. The lowest BCUT2D eigenvalue weighted by Crippen LogP contribution is -2.27. The third-order valence-electron chi connectivity index (χ3n) is 4.10.